The monoisotopic (exact) mass is 328 g/mol. The smallest absolute Gasteiger partial charge is 0.193 e. The standard InChI is InChI=1S/C19H20O5/c1-21-15-7-5-8-16(22-2)13(15)11-12-14(20)19-17(23-3)9-6-10-18(19)24-4/h5-12H,1-4H3. The van der Waals surface area contributed by atoms with Gasteiger partial charge in [-0.15, -0.1) is 0 Å². The van der Waals surface area contributed by atoms with E-state index in [4.69, 9.17) is 18.9 Å². The molecular weight excluding hydrogens is 308 g/mol. The fourth-order valence-electron chi connectivity index (χ4n) is 2.38. The van der Waals surface area contributed by atoms with Gasteiger partial charge in [0.1, 0.15) is 28.6 Å². The van der Waals surface area contributed by atoms with Gasteiger partial charge in [-0.1, -0.05) is 12.1 Å². The molecule has 5 heteroatoms. The van der Waals surface area contributed by atoms with Crippen LogP contribution in [0.2, 0.25) is 0 Å². The van der Waals surface area contributed by atoms with Crippen molar-refractivity contribution < 1.29 is 23.7 Å². The Morgan fingerprint density at radius 2 is 1.17 bits per heavy atom. The molecule has 0 unspecified atom stereocenters. The first-order valence-corrected chi connectivity index (χ1v) is 7.30. The number of methoxy groups -OCH3 is 4. The van der Waals surface area contributed by atoms with Gasteiger partial charge in [-0.25, -0.2) is 0 Å². The molecule has 0 saturated carbocycles. The molecule has 126 valence electrons. The van der Waals surface area contributed by atoms with Crippen LogP contribution in [0.4, 0.5) is 0 Å². The van der Waals surface area contributed by atoms with Crippen LogP contribution < -0.4 is 18.9 Å². The zero-order chi connectivity index (χ0) is 17.5. The number of benzene rings is 2. The molecule has 0 heterocycles. The first-order valence-electron chi connectivity index (χ1n) is 7.30. The SMILES string of the molecule is COc1cccc(OC)c1C=CC(=O)c1c(OC)cccc1OC. The average Bonchev–Trinajstić information content (AvgIpc) is 2.64. The van der Waals surface area contributed by atoms with E-state index in [0.717, 1.165) is 0 Å². The molecule has 0 aliphatic carbocycles. The van der Waals surface area contributed by atoms with Gasteiger partial charge >= 0.3 is 0 Å². The minimum atomic E-state index is -0.239. The zero-order valence-corrected chi connectivity index (χ0v) is 14.2. The Bertz CT molecular complexity index is 705. The second-order valence-corrected chi connectivity index (χ2v) is 4.81. The van der Waals surface area contributed by atoms with E-state index in [2.05, 4.69) is 0 Å². The Balaban J connectivity index is 2.43. The summed E-state index contributed by atoms with van der Waals surface area (Å²) < 4.78 is 21.2. The second-order valence-electron chi connectivity index (χ2n) is 4.81. The normalized spacial score (nSPS) is 10.5. The van der Waals surface area contributed by atoms with Crippen LogP contribution in [0.25, 0.3) is 6.08 Å². The van der Waals surface area contributed by atoms with Crippen molar-refractivity contribution in [2.45, 2.75) is 0 Å². The van der Waals surface area contributed by atoms with Crippen molar-refractivity contribution in [3.63, 3.8) is 0 Å². The number of hydrogen-bond acceptors (Lipinski definition) is 5. The van der Waals surface area contributed by atoms with Gasteiger partial charge in [0.05, 0.1) is 34.0 Å². The third-order valence-corrected chi connectivity index (χ3v) is 3.54. The summed E-state index contributed by atoms with van der Waals surface area (Å²) in [6, 6.07) is 10.6. The highest BCUT2D eigenvalue weighted by atomic mass is 16.5. The summed E-state index contributed by atoms with van der Waals surface area (Å²) in [5, 5.41) is 0. The minimum Gasteiger partial charge on any atom is -0.496 e. The molecule has 0 aliphatic rings. The molecule has 5 nitrogen and oxygen atoms in total. The summed E-state index contributed by atoms with van der Waals surface area (Å²) in [6.07, 6.45) is 3.10. The van der Waals surface area contributed by atoms with Crippen LogP contribution in [0.3, 0.4) is 0 Å². The van der Waals surface area contributed by atoms with Crippen LogP contribution in [-0.2, 0) is 0 Å². The molecule has 0 N–H and O–H groups in total. The van der Waals surface area contributed by atoms with Gasteiger partial charge in [0.15, 0.2) is 5.78 Å². The summed E-state index contributed by atoms with van der Waals surface area (Å²) >= 11 is 0. The van der Waals surface area contributed by atoms with Crippen molar-refractivity contribution in [3.8, 4) is 23.0 Å². The molecule has 0 amide bonds. The Kier molecular flexibility index (Phi) is 5.84. The van der Waals surface area contributed by atoms with E-state index in [1.165, 1.54) is 20.3 Å². The topological polar surface area (TPSA) is 54.0 Å². The molecule has 0 fully saturated rings. The average molecular weight is 328 g/mol. The van der Waals surface area contributed by atoms with Gasteiger partial charge in [0.25, 0.3) is 0 Å². The van der Waals surface area contributed by atoms with Crippen LogP contribution in [0.1, 0.15) is 15.9 Å². The largest absolute Gasteiger partial charge is 0.496 e. The van der Waals surface area contributed by atoms with Crippen LogP contribution in [0.15, 0.2) is 42.5 Å². The molecule has 24 heavy (non-hydrogen) atoms. The van der Waals surface area contributed by atoms with E-state index >= 15 is 0 Å². The van der Waals surface area contributed by atoms with Gasteiger partial charge in [0.2, 0.25) is 0 Å². The van der Waals surface area contributed by atoms with Gasteiger partial charge in [-0.2, -0.15) is 0 Å². The summed E-state index contributed by atoms with van der Waals surface area (Å²) in [7, 11) is 6.16. The van der Waals surface area contributed by atoms with Crippen LogP contribution in [0.5, 0.6) is 23.0 Å². The summed E-state index contributed by atoms with van der Waals surface area (Å²) in [5.74, 6) is 1.90. The quantitative estimate of drug-likeness (QED) is 0.574. The van der Waals surface area contributed by atoms with E-state index in [-0.39, 0.29) is 5.78 Å². The Morgan fingerprint density at radius 3 is 1.58 bits per heavy atom. The van der Waals surface area contributed by atoms with E-state index < -0.39 is 0 Å². The Hall–Kier alpha value is -2.95. The lowest BCUT2D eigenvalue weighted by Gasteiger charge is -2.11. The number of ketones is 1. The van der Waals surface area contributed by atoms with Gasteiger partial charge in [0, 0.05) is 0 Å². The van der Waals surface area contributed by atoms with Crippen molar-refractivity contribution >= 4 is 11.9 Å². The van der Waals surface area contributed by atoms with E-state index in [1.54, 1.807) is 50.6 Å². The summed E-state index contributed by atoms with van der Waals surface area (Å²) in [4.78, 5) is 12.6. The number of carbonyl (C=O) groups excluding carboxylic acids is 1. The molecule has 0 atom stereocenters. The lowest BCUT2D eigenvalue weighted by molar-refractivity contribution is 0.104. The summed E-state index contributed by atoms with van der Waals surface area (Å²) in [5.41, 5.74) is 1.05. The fraction of sp³-hybridized carbons (Fsp3) is 0.211. The van der Waals surface area contributed by atoms with Gasteiger partial charge < -0.3 is 18.9 Å². The van der Waals surface area contributed by atoms with Crippen LogP contribution in [0, 0.1) is 0 Å². The van der Waals surface area contributed by atoms with Crippen molar-refractivity contribution in [1.82, 2.24) is 0 Å². The number of allylic oxidation sites excluding steroid dienone is 1. The summed E-state index contributed by atoms with van der Waals surface area (Å²) in [6.45, 7) is 0. The Morgan fingerprint density at radius 1 is 0.750 bits per heavy atom. The molecule has 0 spiro atoms. The lowest BCUT2D eigenvalue weighted by atomic mass is 10.1. The number of hydrogen-bond donors (Lipinski definition) is 0. The number of ether oxygens (including phenoxy) is 4. The highest BCUT2D eigenvalue weighted by Crippen LogP contribution is 2.32. The predicted octanol–water partition coefficient (Wildman–Crippen LogP) is 3.62. The van der Waals surface area contributed by atoms with Crippen molar-refractivity contribution in [2.75, 3.05) is 28.4 Å². The molecule has 0 aliphatic heterocycles. The molecule has 0 aromatic heterocycles. The lowest BCUT2D eigenvalue weighted by Crippen LogP contribution is -2.02. The van der Waals surface area contributed by atoms with E-state index in [9.17, 15) is 4.79 Å². The minimum absolute atomic E-state index is 0.239. The highest BCUT2D eigenvalue weighted by Gasteiger charge is 2.16. The molecular formula is C19H20O5. The predicted molar refractivity (Wildman–Crippen MR) is 92.5 cm³/mol. The van der Waals surface area contributed by atoms with Gasteiger partial charge in [-0.05, 0) is 36.4 Å². The van der Waals surface area contributed by atoms with E-state index in [0.29, 0.717) is 34.1 Å². The van der Waals surface area contributed by atoms with Crippen molar-refractivity contribution in [2.24, 2.45) is 0 Å². The Labute approximate surface area is 141 Å². The molecule has 2 aromatic carbocycles. The van der Waals surface area contributed by atoms with Gasteiger partial charge in [-0.3, -0.25) is 4.79 Å². The second kappa shape index (κ2) is 8.06. The van der Waals surface area contributed by atoms with Crippen molar-refractivity contribution in [1.29, 1.82) is 0 Å². The highest BCUT2D eigenvalue weighted by molar-refractivity contribution is 6.10. The number of carbonyl (C=O) groups is 1. The fourth-order valence-corrected chi connectivity index (χ4v) is 2.38. The first-order chi connectivity index (χ1) is 11.7. The maximum Gasteiger partial charge on any atom is 0.193 e. The molecule has 2 aromatic rings. The van der Waals surface area contributed by atoms with Crippen LogP contribution >= 0.6 is 0 Å². The zero-order valence-electron chi connectivity index (χ0n) is 14.2. The van der Waals surface area contributed by atoms with Crippen molar-refractivity contribution in [3.05, 3.63) is 53.6 Å². The molecule has 0 bridgehead atoms. The third kappa shape index (κ3) is 3.51. The first kappa shape index (κ1) is 17.4. The van der Waals surface area contributed by atoms with E-state index in [1.807, 2.05) is 6.07 Å². The third-order valence-electron chi connectivity index (χ3n) is 3.54. The maximum absolute atomic E-state index is 12.6. The molecule has 0 radical (unpaired) electrons. The molecule has 2 rings (SSSR count). The van der Waals surface area contributed by atoms with Crippen LogP contribution in [-0.4, -0.2) is 34.2 Å². The number of rotatable bonds is 7. The molecule has 0 saturated heterocycles. The maximum atomic E-state index is 12.6.